The number of ether oxygens (including phenoxy) is 1. The fourth-order valence-corrected chi connectivity index (χ4v) is 9.18. The highest BCUT2D eigenvalue weighted by molar-refractivity contribution is 5.66. The molecule has 4 rings (SSSR count). The fraction of sp³-hybridized carbons (Fsp3) is 0.781. The van der Waals surface area contributed by atoms with Crippen LogP contribution in [-0.2, 0) is 9.53 Å². The molecule has 2 heteroatoms. The summed E-state index contributed by atoms with van der Waals surface area (Å²) in [5.74, 6) is 1.94. The van der Waals surface area contributed by atoms with Gasteiger partial charge in [-0.05, 0) is 110 Å². The number of allylic oxidation sites excluding steroid dienone is 6. The highest BCUT2D eigenvalue weighted by atomic mass is 16.5. The molecule has 0 spiro atoms. The maximum absolute atomic E-state index is 11.8. The van der Waals surface area contributed by atoms with Gasteiger partial charge in [0.05, 0.1) is 0 Å². The molecule has 4 aliphatic carbocycles. The van der Waals surface area contributed by atoms with Crippen molar-refractivity contribution in [3.05, 3.63) is 34.9 Å². The van der Waals surface area contributed by atoms with Crippen LogP contribution in [-0.4, -0.2) is 12.1 Å². The molecule has 2 nitrogen and oxygen atoms in total. The van der Waals surface area contributed by atoms with Crippen LogP contribution in [0.4, 0.5) is 0 Å². The van der Waals surface area contributed by atoms with Crippen LogP contribution < -0.4 is 0 Å². The minimum atomic E-state index is -0.135. The smallest absolute Gasteiger partial charge is 0.302 e. The molecule has 34 heavy (non-hydrogen) atoms. The summed E-state index contributed by atoms with van der Waals surface area (Å²) in [5.41, 5.74) is 5.57. The lowest BCUT2D eigenvalue weighted by atomic mass is 9.44. The van der Waals surface area contributed by atoms with Gasteiger partial charge in [0.1, 0.15) is 6.10 Å². The van der Waals surface area contributed by atoms with E-state index in [1.807, 2.05) is 0 Å². The standard InChI is InChI=1S/C32H50O2/c1-21(2)11-10-12-22(3)24-15-19-32(9)26-13-14-27-29(5,6)28(34-23(4)33)17-18-30(27,7)25(26)16-20-31(24,32)8/h11,13,16,22,24,27-28H,10,12,14-15,17-20H2,1-9H3/t22-,24+,27+,28+,30-,31+,32-/m1/s1. The Morgan fingerprint density at radius 2 is 1.76 bits per heavy atom. The van der Waals surface area contributed by atoms with Crippen LogP contribution in [0, 0.1) is 39.4 Å². The molecule has 0 N–H and O–H groups in total. The number of hydrogen-bond acceptors (Lipinski definition) is 2. The van der Waals surface area contributed by atoms with E-state index in [2.05, 4.69) is 73.6 Å². The van der Waals surface area contributed by atoms with Gasteiger partial charge in [0.15, 0.2) is 0 Å². The number of carbonyl (C=O) groups excluding carboxylic acids is 1. The topological polar surface area (TPSA) is 26.3 Å². The maximum atomic E-state index is 11.8. The van der Waals surface area contributed by atoms with Gasteiger partial charge < -0.3 is 4.74 Å². The van der Waals surface area contributed by atoms with Crippen LogP contribution in [0.1, 0.15) is 114 Å². The predicted molar refractivity (Wildman–Crippen MR) is 142 cm³/mol. The summed E-state index contributed by atoms with van der Waals surface area (Å²) in [7, 11) is 0. The molecule has 0 bridgehead atoms. The second-order valence-corrected chi connectivity index (χ2v) is 13.8. The molecule has 2 fully saturated rings. The number of esters is 1. The Morgan fingerprint density at radius 1 is 1.06 bits per heavy atom. The van der Waals surface area contributed by atoms with Crippen molar-refractivity contribution in [1.29, 1.82) is 0 Å². The first-order chi connectivity index (χ1) is 15.8. The molecule has 0 aromatic rings. The largest absolute Gasteiger partial charge is 0.462 e. The Balaban J connectivity index is 1.64. The van der Waals surface area contributed by atoms with E-state index in [-0.39, 0.29) is 28.3 Å². The van der Waals surface area contributed by atoms with E-state index in [0.29, 0.717) is 11.3 Å². The van der Waals surface area contributed by atoms with Crippen molar-refractivity contribution >= 4 is 5.97 Å². The second kappa shape index (κ2) is 8.67. The van der Waals surface area contributed by atoms with Crippen molar-refractivity contribution in [2.24, 2.45) is 39.4 Å². The lowest BCUT2D eigenvalue weighted by Crippen LogP contribution is -2.55. The molecule has 0 aliphatic heterocycles. The molecule has 0 heterocycles. The van der Waals surface area contributed by atoms with Gasteiger partial charge in [-0.1, -0.05) is 65.3 Å². The summed E-state index contributed by atoms with van der Waals surface area (Å²) in [4.78, 5) is 11.8. The van der Waals surface area contributed by atoms with Gasteiger partial charge in [-0.15, -0.1) is 0 Å². The molecule has 0 unspecified atom stereocenters. The average Bonchev–Trinajstić information content (AvgIpc) is 3.01. The summed E-state index contributed by atoms with van der Waals surface area (Å²) >= 11 is 0. The fourth-order valence-electron chi connectivity index (χ4n) is 9.18. The van der Waals surface area contributed by atoms with Gasteiger partial charge in [-0.3, -0.25) is 4.79 Å². The number of fused-ring (bicyclic) bond motifs is 5. The van der Waals surface area contributed by atoms with Crippen molar-refractivity contribution in [3.63, 3.8) is 0 Å². The van der Waals surface area contributed by atoms with Crippen LogP contribution in [0.2, 0.25) is 0 Å². The molecule has 190 valence electrons. The second-order valence-electron chi connectivity index (χ2n) is 13.8. The summed E-state index contributed by atoms with van der Waals surface area (Å²) in [5, 5.41) is 0. The Kier molecular flexibility index (Phi) is 6.57. The number of rotatable bonds is 5. The van der Waals surface area contributed by atoms with Crippen molar-refractivity contribution in [1.82, 2.24) is 0 Å². The first kappa shape index (κ1) is 25.8. The third kappa shape index (κ3) is 3.77. The van der Waals surface area contributed by atoms with E-state index in [0.717, 1.165) is 31.1 Å². The molecular weight excluding hydrogens is 416 g/mol. The summed E-state index contributed by atoms with van der Waals surface area (Å²) in [6.07, 6.45) is 17.4. The van der Waals surface area contributed by atoms with Crippen LogP contribution in [0.15, 0.2) is 34.9 Å². The normalized spacial score (nSPS) is 41.3. The van der Waals surface area contributed by atoms with Gasteiger partial charge in [0, 0.05) is 12.3 Å². The lowest BCUT2D eigenvalue weighted by molar-refractivity contribution is -0.165. The molecule has 0 saturated heterocycles. The van der Waals surface area contributed by atoms with E-state index in [4.69, 9.17) is 4.74 Å². The van der Waals surface area contributed by atoms with Gasteiger partial charge >= 0.3 is 5.97 Å². The van der Waals surface area contributed by atoms with Crippen molar-refractivity contribution < 1.29 is 9.53 Å². The quantitative estimate of drug-likeness (QED) is 0.299. The van der Waals surface area contributed by atoms with Crippen LogP contribution >= 0.6 is 0 Å². The van der Waals surface area contributed by atoms with Crippen LogP contribution in [0.5, 0.6) is 0 Å². The van der Waals surface area contributed by atoms with E-state index in [1.54, 1.807) is 18.1 Å². The van der Waals surface area contributed by atoms with Crippen molar-refractivity contribution in [2.75, 3.05) is 0 Å². The zero-order valence-electron chi connectivity index (χ0n) is 23.5. The molecule has 0 aromatic heterocycles. The first-order valence-electron chi connectivity index (χ1n) is 14.0. The molecule has 0 amide bonds. The number of carbonyl (C=O) groups is 1. The minimum absolute atomic E-state index is 0.0130. The lowest BCUT2D eigenvalue weighted by Gasteiger charge is -2.61. The first-order valence-corrected chi connectivity index (χ1v) is 14.0. The average molecular weight is 467 g/mol. The maximum Gasteiger partial charge on any atom is 0.302 e. The molecule has 4 aliphatic rings. The Hall–Kier alpha value is -1.31. The Labute approximate surface area is 209 Å². The molecule has 0 aromatic carbocycles. The molecular formula is C32H50O2. The van der Waals surface area contributed by atoms with Gasteiger partial charge in [0.25, 0.3) is 0 Å². The van der Waals surface area contributed by atoms with E-state index < -0.39 is 0 Å². The Morgan fingerprint density at radius 3 is 2.41 bits per heavy atom. The summed E-state index contributed by atoms with van der Waals surface area (Å²) in [6, 6.07) is 0. The minimum Gasteiger partial charge on any atom is -0.462 e. The molecule has 2 saturated carbocycles. The summed E-state index contributed by atoms with van der Waals surface area (Å²) < 4.78 is 5.85. The third-order valence-corrected chi connectivity index (χ3v) is 11.4. The highest BCUT2D eigenvalue weighted by Gasteiger charge is 2.63. The van der Waals surface area contributed by atoms with E-state index in [9.17, 15) is 4.79 Å². The number of hydrogen-bond donors (Lipinski definition) is 0. The van der Waals surface area contributed by atoms with E-state index >= 15 is 0 Å². The predicted octanol–water partition coefficient (Wildman–Crippen LogP) is 8.83. The van der Waals surface area contributed by atoms with Crippen LogP contribution in [0.25, 0.3) is 0 Å². The highest BCUT2D eigenvalue weighted by Crippen LogP contribution is 2.71. The van der Waals surface area contributed by atoms with Crippen molar-refractivity contribution in [2.45, 2.75) is 120 Å². The van der Waals surface area contributed by atoms with Gasteiger partial charge in [-0.2, -0.15) is 0 Å². The van der Waals surface area contributed by atoms with Gasteiger partial charge in [0.2, 0.25) is 0 Å². The van der Waals surface area contributed by atoms with Crippen molar-refractivity contribution in [3.8, 4) is 0 Å². The molecule has 7 atom stereocenters. The zero-order chi connectivity index (χ0) is 25.1. The Bertz CT molecular complexity index is 915. The summed E-state index contributed by atoms with van der Waals surface area (Å²) in [6.45, 7) is 21.0. The molecule has 0 radical (unpaired) electrons. The zero-order valence-corrected chi connectivity index (χ0v) is 23.5. The van der Waals surface area contributed by atoms with E-state index in [1.165, 1.54) is 37.7 Å². The van der Waals surface area contributed by atoms with Gasteiger partial charge in [-0.25, -0.2) is 0 Å². The SMILES string of the molecule is CC(=O)O[C@H]1CC[C@]2(C)C3=CC[C@@]4(C)[C@H]([C@H](C)CCC=C(C)C)CC[C@]4(C)C3=CC[C@H]2C1(C)C. The van der Waals surface area contributed by atoms with Crippen LogP contribution in [0.3, 0.4) is 0 Å². The third-order valence-electron chi connectivity index (χ3n) is 11.4. The monoisotopic (exact) mass is 466 g/mol.